The highest BCUT2D eigenvalue weighted by Gasteiger charge is 2.06. The van der Waals surface area contributed by atoms with Gasteiger partial charge in [0.15, 0.2) is 0 Å². The minimum atomic E-state index is 0.212. The number of rotatable bonds is 5. The number of nitrogens with two attached hydrogens (primary N) is 1. The van der Waals surface area contributed by atoms with Crippen molar-refractivity contribution < 1.29 is 0 Å². The topological polar surface area (TPSA) is 81.6 Å². The van der Waals surface area contributed by atoms with E-state index in [4.69, 9.17) is 5.73 Å². The van der Waals surface area contributed by atoms with Crippen molar-refractivity contribution in [2.75, 3.05) is 11.1 Å². The molecule has 0 radical (unpaired) electrons. The molecule has 6 heteroatoms. The van der Waals surface area contributed by atoms with E-state index < -0.39 is 0 Å². The molecule has 1 atom stereocenters. The lowest BCUT2D eigenvalue weighted by Crippen LogP contribution is -2.23. The normalized spacial score (nSPS) is 12.3. The van der Waals surface area contributed by atoms with Crippen LogP contribution in [0.3, 0.4) is 0 Å². The van der Waals surface area contributed by atoms with Crippen molar-refractivity contribution in [1.29, 1.82) is 0 Å². The molecule has 3 N–H and O–H groups in total. The fourth-order valence-electron chi connectivity index (χ4n) is 1.74. The average molecular weight is 246 g/mol. The maximum absolute atomic E-state index is 5.74. The molecule has 0 fully saturated rings. The van der Waals surface area contributed by atoms with Gasteiger partial charge in [0.05, 0.1) is 6.54 Å². The van der Waals surface area contributed by atoms with Gasteiger partial charge in [0.2, 0.25) is 0 Å². The Bertz CT molecular complexity index is 493. The second-order valence-corrected chi connectivity index (χ2v) is 4.22. The molecule has 0 aromatic carbocycles. The zero-order chi connectivity index (χ0) is 13.0. The summed E-state index contributed by atoms with van der Waals surface area (Å²) in [4.78, 5) is 8.53. The Balaban J connectivity index is 2.02. The van der Waals surface area contributed by atoms with Gasteiger partial charge in [-0.3, -0.25) is 4.68 Å². The molecule has 0 aliphatic rings. The highest BCUT2D eigenvalue weighted by Crippen LogP contribution is 2.10. The molecule has 1 unspecified atom stereocenters. The summed E-state index contributed by atoms with van der Waals surface area (Å²) in [5, 5.41) is 7.47. The molecule has 96 valence electrons. The molecule has 0 aliphatic carbocycles. The number of hydrogen-bond acceptors (Lipinski definition) is 5. The molecule has 0 bridgehead atoms. The Morgan fingerprint density at radius 1 is 1.44 bits per heavy atom. The molecule has 0 saturated carbocycles. The fraction of sp³-hybridized carbons (Fsp3) is 0.417. The lowest BCUT2D eigenvalue weighted by atomic mass is 10.3. The third-order valence-corrected chi connectivity index (χ3v) is 2.52. The molecule has 6 nitrogen and oxygen atoms in total. The minimum Gasteiger partial charge on any atom is -0.384 e. The van der Waals surface area contributed by atoms with Crippen LogP contribution in [0.4, 0.5) is 11.6 Å². The van der Waals surface area contributed by atoms with Crippen LogP contribution in [0.15, 0.2) is 24.5 Å². The third-order valence-electron chi connectivity index (χ3n) is 2.52. The molecular formula is C12H18N6. The van der Waals surface area contributed by atoms with Gasteiger partial charge in [0.25, 0.3) is 0 Å². The Morgan fingerprint density at radius 3 is 2.94 bits per heavy atom. The molecule has 0 amide bonds. The van der Waals surface area contributed by atoms with Gasteiger partial charge in [-0.25, -0.2) is 9.97 Å². The van der Waals surface area contributed by atoms with Crippen molar-refractivity contribution in [3.05, 3.63) is 30.4 Å². The van der Waals surface area contributed by atoms with E-state index in [1.54, 1.807) is 12.3 Å². The molecule has 0 aliphatic heterocycles. The minimum absolute atomic E-state index is 0.212. The first-order valence-electron chi connectivity index (χ1n) is 6.04. The fourth-order valence-corrected chi connectivity index (χ4v) is 1.74. The molecule has 2 rings (SSSR count). The van der Waals surface area contributed by atoms with Crippen molar-refractivity contribution in [2.45, 2.75) is 32.9 Å². The quantitative estimate of drug-likeness (QED) is 0.831. The lowest BCUT2D eigenvalue weighted by Gasteiger charge is -2.15. The number of nitrogens with zero attached hydrogens (tertiary/aromatic N) is 4. The average Bonchev–Trinajstić information content (AvgIpc) is 2.80. The number of anilines is 2. The van der Waals surface area contributed by atoms with E-state index in [-0.39, 0.29) is 6.04 Å². The van der Waals surface area contributed by atoms with Crippen molar-refractivity contribution in [3.8, 4) is 0 Å². The predicted molar refractivity (Wildman–Crippen MR) is 71.1 cm³/mol. The second kappa shape index (κ2) is 5.48. The molecule has 2 heterocycles. The highest BCUT2D eigenvalue weighted by atomic mass is 15.3. The summed E-state index contributed by atoms with van der Waals surface area (Å²) < 4.78 is 1.88. The lowest BCUT2D eigenvalue weighted by molar-refractivity contribution is 0.559. The van der Waals surface area contributed by atoms with E-state index >= 15 is 0 Å². The summed E-state index contributed by atoms with van der Waals surface area (Å²) in [5.41, 5.74) is 5.74. The Morgan fingerprint density at radius 2 is 2.28 bits per heavy atom. The van der Waals surface area contributed by atoms with Gasteiger partial charge in [-0.15, -0.1) is 0 Å². The second-order valence-electron chi connectivity index (χ2n) is 4.22. The van der Waals surface area contributed by atoms with Gasteiger partial charge in [-0.2, -0.15) is 5.10 Å². The first-order valence-corrected chi connectivity index (χ1v) is 6.04. The van der Waals surface area contributed by atoms with Crippen molar-refractivity contribution >= 4 is 11.6 Å². The standard InChI is InChI=1S/C12H18N6/c1-3-11-16-10(13)7-12(17-11)15-9(2)8-18-6-4-5-14-18/h4-7,9H,3,8H2,1-2H3,(H3,13,15,16,17). The van der Waals surface area contributed by atoms with Gasteiger partial charge in [0, 0.05) is 30.9 Å². The molecule has 18 heavy (non-hydrogen) atoms. The van der Waals surface area contributed by atoms with E-state index in [1.807, 2.05) is 23.9 Å². The predicted octanol–water partition coefficient (Wildman–Crippen LogP) is 1.32. The summed E-state index contributed by atoms with van der Waals surface area (Å²) in [7, 11) is 0. The molecule has 2 aromatic rings. The van der Waals surface area contributed by atoms with Crippen LogP contribution in [-0.2, 0) is 13.0 Å². The van der Waals surface area contributed by atoms with E-state index in [2.05, 4.69) is 27.3 Å². The summed E-state index contributed by atoms with van der Waals surface area (Å²) in [6.45, 7) is 4.86. The van der Waals surface area contributed by atoms with Crippen molar-refractivity contribution in [3.63, 3.8) is 0 Å². The van der Waals surface area contributed by atoms with Crippen LogP contribution in [-0.4, -0.2) is 25.8 Å². The van der Waals surface area contributed by atoms with Gasteiger partial charge >= 0.3 is 0 Å². The smallest absolute Gasteiger partial charge is 0.132 e. The zero-order valence-corrected chi connectivity index (χ0v) is 10.7. The van der Waals surface area contributed by atoms with Crippen LogP contribution in [0.25, 0.3) is 0 Å². The maximum Gasteiger partial charge on any atom is 0.132 e. The van der Waals surface area contributed by atoms with Crippen LogP contribution < -0.4 is 11.1 Å². The molecule has 2 aromatic heterocycles. The molecule has 0 spiro atoms. The van der Waals surface area contributed by atoms with Gasteiger partial charge in [-0.05, 0) is 13.0 Å². The van der Waals surface area contributed by atoms with Gasteiger partial charge < -0.3 is 11.1 Å². The van der Waals surface area contributed by atoms with Crippen LogP contribution in [0.5, 0.6) is 0 Å². The van der Waals surface area contributed by atoms with Crippen LogP contribution in [0.2, 0.25) is 0 Å². The third kappa shape index (κ3) is 3.19. The number of nitrogen functional groups attached to an aromatic ring is 1. The highest BCUT2D eigenvalue weighted by molar-refractivity contribution is 5.45. The monoisotopic (exact) mass is 246 g/mol. The molecule has 0 saturated heterocycles. The van der Waals surface area contributed by atoms with Gasteiger partial charge in [0.1, 0.15) is 17.5 Å². The van der Waals surface area contributed by atoms with Crippen molar-refractivity contribution in [2.24, 2.45) is 0 Å². The summed E-state index contributed by atoms with van der Waals surface area (Å²) in [5.74, 6) is 2.01. The summed E-state index contributed by atoms with van der Waals surface area (Å²) in [6, 6.07) is 3.87. The number of nitrogens with one attached hydrogen (secondary N) is 1. The van der Waals surface area contributed by atoms with Crippen LogP contribution >= 0.6 is 0 Å². The number of aryl methyl sites for hydroxylation is 1. The number of hydrogen-bond donors (Lipinski definition) is 2. The van der Waals surface area contributed by atoms with Crippen LogP contribution in [0.1, 0.15) is 19.7 Å². The summed E-state index contributed by atoms with van der Waals surface area (Å²) in [6.07, 6.45) is 4.47. The maximum atomic E-state index is 5.74. The van der Waals surface area contributed by atoms with E-state index in [0.717, 1.165) is 24.6 Å². The SMILES string of the molecule is CCc1nc(N)cc(NC(C)Cn2cccn2)n1. The first kappa shape index (κ1) is 12.3. The number of aromatic nitrogens is 4. The Labute approximate surface area is 106 Å². The largest absolute Gasteiger partial charge is 0.384 e. The van der Waals surface area contributed by atoms with Crippen molar-refractivity contribution in [1.82, 2.24) is 19.7 Å². The van der Waals surface area contributed by atoms with E-state index in [9.17, 15) is 0 Å². The Kier molecular flexibility index (Phi) is 3.76. The van der Waals surface area contributed by atoms with E-state index in [0.29, 0.717) is 5.82 Å². The van der Waals surface area contributed by atoms with Gasteiger partial charge in [-0.1, -0.05) is 6.92 Å². The van der Waals surface area contributed by atoms with E-state index in [1.165, 1.54) is 0 Å². The zero-order valence-electron chi connectivity index (χ0n) is 10.7. The molecular weight excluding hydrogens is 228 g/mol. The summed E-state index contributed by atoms with van der Waals surface area (Å²) >= 11 is 0. The first-order chi connectivity index (χ1) is 8.67. The van der Waals surface area contributed by atoms with Crippen LogP contribution in [0, 0.1) is 0 Å². The Hall–Kier alpha value is -2.11.